The number of benzene rings is 1. The molecule has 0 aliphatic carbocycles. The average Bonchev–Trinajstić information content (AvgIpc) is 2.09. The Morgan fingerprint density at radius 2 is 2.46 bits per heavy atom. The van der Waals surface area contributed by atoms with Gasteiger partial charge in [-0.3, -0.25) is 0 Å². The van der Waals surface area contributed by atoms with Gasteiger partial charge >= 0.3 is 0 Å². The summed E-state index contributed by atoms with van der Waals surface area (Å²) in [5.74, 6) is 0.483. The van der Waals surface area contributed by atoms with E-state index in [1.54, 1.807) is 19.1 Å². The zero-order chi connectivity index (χ0) is 9.68. The monoisotopic (exact) mass is 179 g/mol. The Morgan fingerprint density at radius 3 is 3.08 bits per heavy atom. The third-order valence-electron chi connectivity index (χ3n) is 1.53. The summed E-state index contributed by atoms with van der Waals surface area (Å²) in [5, 5.41) is 0. The molecule has 0 atom stereocenters. The SMILES string of the molecule is CCC=C(C)Oc1ccc[c]c1F. The first-order valence-electron chi connectivity index (χ1n) is 4.25. The van der Waals surface area contributed by atoms with Gasteiger partial charge in [0, 0.05) is 6.07 Å². The molecule has 0 fully saturated rings. The summed E-state index contributed by atoms with van der Waals surface area (Å²) < 4.78 is 18.2. The number of ether oxygens (including phenoxy) is 1. The highest BCUT2D eigenvalue weighted by Gasteiger charge is 2.01. The van der Waals surface area contributed by atoms with Crippen LogP contribution in [0.25, 0.3) is 0 Å². The number of hydrogen-bond donors (Lipinski definition) is 0. The van der Waals surface area contributed by atoms with Crippen molar-refractivity contribution >= 4 is 0 Å². The van der Waals surface area contributed by atoms with Crippen LogP contribution in [-0.2, 0) is 0 Å². The highest BCUT2D eigenvalue weighted by atomic mass is 19.1. The fourth-order valence-electron chi connectivity index (χ4n) is 0.982. The predicted molar refractivity (Wildman–Crippen MR) is 49.9 cm³/mol. The van der Waals surface area contributed by atoms with Gasteiger partial charge in [-0.15, -0.1) is 0 Å². The normalized spacial score (nSPS) is 11.5. The largest absolute Gasteiger partial charge is 0.459 e. The highest BCUT2D eigenvalue weighted by Crippen LogP contribution is 2.17. The summed E-state index contributed by atoms with van der Waals surface area (Å²) in [6, 6.07) is 7.22. The summed E-state index contributed by atoms with van der Waals surface area (Å²) in [6.07, 6.45) is 2.77. The lowest BCUT2D eigenvalue weighted by Crippen LogP contribution is -1.93. The van der Waals surface area contributed by atoms with E-state index in [4.69, 9.17) is 4.74 Å². The van der Waals surface area contributed by atoms with Gasteiger partial charge in [0.2, 0.25) is 0 Å². The van der Waals surface area contributed by atoms with Crippen LogP contribution >= 0.6 is 0 Å². The minimum absolute atomic E-state index is 0.227. The molecule has 0 saturated carbocycles. The maximum Gasteiger partial charge on any atom is 0.173 e. The van der Waals surface area contributed by atoms with E-state index < -0.39 is 5.82 Å². The molecule has 1 aromatic carbocycles. The van der Waals surface area contributed by atoms with Gasteiger partial charge in [-0.2, -0.15) is 0 Å². The van der Waals surface area contributed by atoms with Gasteiger partial charge in [-0.25, -0.2) is 4.39 Å². The summed E-state index contributed by atoms with van der Waals surface area (Å²) in [5.41, 5.74) is 0. The quantitative estimate of drug-likeness (QED) is 0.647. The molecule has 69 valence electrons. The summed E-state index contributed by atoms with van der Waals surface area (Å²) in [4.78, 5) is 0. The first-order chi connectivity index (χ1) is 6.24. The van der Waals surface area contributed by atoms with Crippen molar-refractivity contribution < 1.29 is 9.13 Å². The second kappa shape index (κ2) is 4.65. The Morgan fingerprint density at radius 1 is 1.69 bits per heavy atom. The van der Waals surface area contributed by atoms with Crippen LogP contribution in [0.3, 0.4) is 0 Å². The molecule has 2 heteroatoms. The Balaban J connectivity index is 2.74. The Bertz CT molecular complexity index is 305. The van der Waals surface area contributed by atoms with Gasteiger partial charge in [0.15, 0.2) is 11.6 Å². The maximum absolute atomic E-state index is 13.0. The average molecular weight is 179 g/mol. The van der Waals surface area contributed by atoms with E-state index in [0.717, 1.165) is 6.42 Å². The van der Waals surface area contributed by atoms with E-state index in [9.17, 15) is 4.39 Å². The number of halogens is 1. The zero-order valence-electron chi connectivity index (χ0n) is 7.80. The van der Waals surface area contributed by atoms with Crippen molar-refractivity contribution in [3.63, 3.8) is 0 Å². The third-order valence-corrected chi connectivity index (χ3v) is 1.53. The molecule has 1 nitrogen and oxygen atoms in total. The van der Waals surface area contributed by atoms with Crippen LogP contribution in [0.1, 0.15) is 20.3 Å². The van der Waals surface area contributed by atoms with Crippen molar-refractivity contribution in [1.82, 2.24) is 0 Å². The molecule has 0 unspecified atom stereocenters. The van der Waals surface area contributed by atoms with Crippen LogP contribution in [0.5, 0.6) is 5.75 Å². The van der Waals surface area contributed by atoms with Gasteiger partial charge in [0.1, 0.15) is 0 Å². The predicted octanol–water partition coefficient (Wildman–Crippen LogP) is 3.32. The molecule has 0 saturated heterocycles. The number of hydrogen-bond acceptors (Lipinski definition) is 1. The Labute approximate surface area is 77.8 Å². The van der Waals surface area contributed by atoms with Crippen LogP contribution in [0, 0.1) is 11.9 Å². The van der Waals surface area contributed by atoms with Crippen LogP contribution in [-0.4, -0.2) is 0 Å². The van der Waals surface area contributed by atoms with E-state index in [1.807, 2.05) is 13.0 Å². The molecule has 0 aliphatic rings. The minimum atomic E-state index is -0.452. The van der Waals surface area contributed by atoms with Crippen LogP contribution in [0.15, 0.2) is 30.0 Å². The molecule has 1 aromatic rings. The summed E-state index contributed by atoms with van der Waals surface area (Å²) in [6.45, 7) is 3.80. The van der Waals surface area contributed by atoms with Crippen molar-refractivity contribution in [3.8, 4) is 5.75 Å². The molecule has 1 radical (unpaired) electrons. The smallest absolute Gasteiger partial charge is 0.173 e. The fraction of sp³-hybridized carbons (Fsp3) is 0.273. The van der Waals surface area contributed by atoms with E-state index in [0.29, 0.717) is 5.76 Å². The van der Waals surface area contributed by atoms with Crippen LogP contribution < -0.4 is 4.74 Å². The first-order valence-corrected chi connectivity index (χ1v) is 4.25. The molecule has 0 aromatic heterocycles. The van der Waals surface area contributed by atoms with Gasteiger partial charge < -0.3 is 4.74 Å². The molecule has 0 spiro atoms. The van der Waals surface area contributed by atoms with Crippen LogP contribution in [0.4, 0.5) is 4.39 Å². The molecule has 0 aliphatic heterocycles. The molecule has 0 N–H and O–H groups in total. The molecular weight excluding hydrogens is 167 g/mol. The fourth-order valence-corrected chi connectivity index (χ4v) is 0.982. The van der Waals surface area contributed by atoms with Gasteiger partial charge in [-0.05, 0) is 25.5 Å². The molecule has 1 rings (SSSR count). The topological polar surface area (TPSA) is 9.23 Å². The van der Waals surface area contributed by atoms with Gasteiger partial charge in [0.05, 0.1) is 5.76 Å². The minimum Gasteiger partial charge on any atom is -0.459 e. The van der Waals surface area contributed by atoms with E-state index >= 15 is 0 Å². The molecule has 13 heavy (non-hydrogen) atoms. The molecule has 0 bridgehead atoms. The second-order valence-electron chi connectivity index (χ2n) is 2.67. The standard InChI is InChI=1S/C11H12FO/c1-3-6-9(2)13-11-8-5-4-7-10(11)12/h4-6,8H,3H2,1-2H3. The molecular formula is C11H12FO. The van der Waals surface area contributed by atoms with Crippen LogP contribution in [0.2, 0.25) is 0 Å². The number of rotatable bonds is 3. The molecule has 0 amide bonds. The summed E-state index contributed by atoms with van der Waals surface area (Å²) in [7, 11) is 0. The van der Waals surface area contributed by atoms with Crippen molar-refractivity contribution in [1.29, 1.82) is 0 Å². The van der Waals surface area contributed by atoms with E-state index in [2.05, 4.69) is 6.07 Å². The lowest BCUT2D eigenvalue weighted by atomic mass is 10.3. The lowest BCUT2D eigenvalue weighted by molar-refractivity contribution is 0.396. The number of allylic oxidation sites excluding steroid dienone is 2. The van der Waals surface area contributed by atoms with Gasteiger partial charge in [0.25, 0.3) is 0 Å². The highest BCUT2D eigenvalue weighted by molar-refractivity contribution is 5.24. The zero-order valence-corrected chi connectivity index (χ0v) is 7.80. The lowest BCUT2D eigenvalue weighted by Gasteiger charge is -2.05. The van der Waals surface area contributed by atoms with Crippen molar-refractivity contribution in [2.75, 3.05) is 0 Å². The van der Waals surface area contributed by atoms with Gasteiger partial charge in [-0.1, -0.05) is 19.1 Å². The van der Waals surface area contributed by atoms with E-state index in [1.165, 1.54) is 6.07 Å². The molecule has 0 heterocycles. The second-order valence-corrected chi connectivity index (χ2v) is 2.67. The van der Waals surface area contributed by atoms with E-state index in [-0.39, 0.29) is 5.75 Å². The summed E-state index contributed by atoms with van der Waals surface area (Å²) >= 11 is 0. The van der Waals surface area contributed by atoms with Crippen molar-refractivity contribution in [2.45, 2.75) is 20.3 Å². The Hall–Kier alpha value is -1.31. The first kappa shape index (κ1) is 9.78. The maximum atomic E-state index is 13.0. The third kappa shape index (κ3) is 2.90. The Kier molecular flexibility index (Phi) is 3.50. The van der Waals surface area contributed by atoms with Crippen molar-refractivity contribution in [3.05, 3.63) is 41.9 Å². The van der Waals surface area contributed by atoms with Crippen molar-refractivity contribution in [2.24, 2.45) is 0 Å².